The lowest BCUT2D eigenvalue weighted by Gasteiger charge is -2.35. The van der Waals surface area contributed by atoms with Gasteiger partial charge in [0, 0.05) is 30.9 Å². The number of nitrogens with zero attached hydrogens (tertiary/aromatic N) is 4. The zero-order valence-corrected chi connectivity index (χ0v) is 17.2. The van der Waals surface area contributed by atoms with Crippen LogP contribution in [0.4, 0.5) is 13.2 Å². The van der Waals surface area contributed by atoms with Gasteiger partial charge in [-0.3, -0.25) is 4.40 Å². The molecule has 1 saturated heterocycles. The number of ether oxygens (including phenoxy) is 1. The molecule has 1 unspecified atom stereocenters. The van der Waals surface area contributed by atoms with Gasteiger partial charge in [0.15, 0.2) is 10.9 Å². The number of halogens is 3. The summed E-state index contributed by atoms with van der Waals surface area (Å²) in [6.07, 6.45) is -0.932. The van der Waals surface area contributed by atoms with E-state index in [9.17, 15) is 13.2 Å². The molecule has 0 amide bonds. The Labute approximate surface area is 176 Å². The number of hydrogen-bond acceptors (Lipinski definition) is 4. The molecule has 4 rings (SSSR count). The first-order valence-electron chi connectivity index (χ1n) is 9.67. The van der Waals surface area contributed by atoms with Crippen molar-refractivity contribution in [1.82, 2.24) is 19.6 Å². The molecule has 6 nitrogen and oxygen atoms in total. The van der Waals surface area contributed by atoms with Crippen LogP contribution in [0.15, 0.2) is 47.0 Å². The van der Waals surface area contributed by atoms with E-state index in [0.717, 1.165) is 22.8 Å². The van der Waals surface area contributed by atoms with Crippen LogP contribution in [0.1, 0.15) is 29.8 Å². The number of rotatable bonds is 4. The van der Waals surface area contributed by atoms with Gasteiger partial charge in [-0.25, -0.2) is 9.98 Å². The fourth-order valence-corrected chi connectivity index (χ4v) is 4.11. The summed E-state index contributed by atoms with van der Waals surface area (Å²) < 4.78 is 46.9. The Kier molecular flexibility index (Phi) is 5.96. The molecular weight excluding hydrogens is 415 g/mol. The summed E-state index contributed by atoms with van der Waals surface area (Å²) in [6, 6.07) is 5.33. The highest BCUT2D eigenvalue weighted by Crippen LogP contribution is 2.32. The van der Waals surface area contributed by atoms with Crippen molar-refractivity contribution < 1.29 is 17.9 Å². The van der Waals surface area contributed by atoms with Crippen molar-refractivity contribution in [1.29, 1.82) is 0 Å². The largest absolute Gasteiger partial charge is 0.416 e. The fourth-order valence-electron chi connectivity index (χ4n) is 3.39. The number of hydrogen-bond donors (Lipinski definition) is 1. The summed E-state index contributed by atoms with van der Waals surface area (Å²) in [5, 5.41) is 5.24. The summed E-state index contributed by atoms with van der Waals surface area (Å²) in [6.45, 7) is 4.52. The third-order valence-electron chi connectivity index (χ3n) is 4.82. The van der Waals surface area contributed by atoms with Gasteiger partial charge in [0.2, 0.25) is 0 Å². The zero-order valence-electron chi connectivity index (χ0n) is 16.4. The van der Waals surface area contributed by atoms with Crippen LogP contribution in [0.25, 0.3) is 4.96 Å². The van der Waals surface area contributed by atoms with Crippen molar-refractivity contribution >= 4 is 22.3 Å². The molecule has 3 aromatic rings. The molecule has 0 saturated carbocycles. The Morgan fingerprint density at radius 2 is 2.27 bits per heavy atom. The van der Waals surface area contributed by atoms with Crippen LogP contribution in [0.2, 0.25) is 0 Å². The molecule has 0 radical (unpaired) electrons. The summed E-state index contributed by atoms with van der Waals surface area (Å²) in [7, 11) is 0. The number of morpholine rings is 1. The van der Waals surface area contributed by atoms with Crippen molar-refractivity contribution in [3.63, 3.8) is 0 Å². The molecule has 0 aliphatic carbocycles. The SMILES string of the molecule is CCNC(=NCc1cn2ccsc2n1)N1CCOC(c2cccc(C(F)(F)F)c2)C1. The van der Waals surface area contributed by atoms with Gasteiger partial charge in [0.05, 0.1) is 31.0 Å². The van der Waals surface area contributed by atoms with E-state index in [4.69, 9.17) is 9.73 Å². The molecule has 30 heavy (non-hydrogen) atoms. The minimum absolute atomic E-state index is 0.408. The first-order valence-corrected chi connectivity index (χ1v) is 10.5. The first kappa shape index (κ1) is 20.7. The smallest absolute Gasteiger partial charge is 0.370 e. The number of thiazole rings is 1. The minimum atomic E-state index is -4.38. The van der Waals surface area contributed by atoms with Gasteiger partial charge in [-0.2, -0.15) is 13.2 Å². The van der Waals surface area contributed by atoms with E-state index < -0.39 is 17.8 Å². The Hall–Kier alpha value is -2.59. The molecule has 0 bridgehead atoms. The number of imidazole rings is 1. The highest BCUT2D eigenvalue weighted by molar-refractivity contribution is 7.15. The quantitative estimate of drug-likeness (QED) is 0.496. The monoisotopic (exact) mass is 437 g/mol. The van der Waals surface area contributed by atoms with E-state index >= 15 is 0 Å². The molecule has 1 N–H and O–H groups in total. The third-order valence-corrected chi connectivity index (χ3v) is 5.59. The average molecular weight is 437 g/mol. The van der Waals surface area contributed by atoms with Crippen molar-refractivity contribution in [2.24, 2.45) is 4.99 Å². The van der Waals surface area contributed by atoms with Crippen LogP contribution < -0.4 is 5.32 Å². The Bertz CT molecular complexity index is 1000. The number of aromatic nitrogens is 2. The van der Waals surface area contributed by atoms with Gasteiger partial charge in [0.25, 0.3) is 0 Å². The molecule has 1 aliphatic heterocycles. The van der Waals surface area contributed by atoms with Crippen LogP contribution in [0.5, 0.6) is 0 Å². The van der Waals surface area contributed by atoms with Crippen molar-refractivity contribution in [3.8, 4) is 0 Å². The Morgan fingerprint density at radius 3 is 3.03 bits per heavy atom. The van der Waals surface area contributed by atoms with Gasteiger partial charge < -0.3 is 15.0 Å². The lowest BCUT2D eigenvalue weighted by Crippen LogP contribution is -2.48. The van der Waals surface area contributed by atoms with Gasteiger partial charge in [-0.1, -0.05) is 12.1 Å². The fraction of sp³-hybridized carbons (Fsp3) is 0.400. The van der Waals surface area contributed by atoms with Crippen molar-refractivity contribution in [2.75, 3.05) is 26.2 Å². The molecule has 1 atom stereocenters. The van der Waals surface area contributed by atoms with E-state index in [1.54, 1.807) is 17.4 Å². The van der Waals surface area contributed by atoms with Gasteiger partial charge in [-0.15, -0.1) is 11.3 Å². The van der Waals surface area contributed by atoms with Gasteiger partial charge in [-0.05, 0) is 24.6 Å². The lowest BCUT2D eigenvalue weighted by atomic mass is 10.0. The molecule has 10 heteroatoms. The maximum atomic E-state index is 13.1. The van der Waals surface area contributed by atoms with Crippen molar-refractivity contribution in [2.45, 2.75) is 25.7 Å². The maximum Gasteiger partial charge on any atom is 0.416 e. The second-order valence-corrected chi connectivity index (χ2v) is 7.80. The predicted molar refractivity (Wildman–Crippen MR) is 110 cm³/mol. The van der Waals surface area contributed by atoms with E-state index in [2.05, 4.69) is 10.3 Å². The molecular formula is C20H22F3N5OS. The maximum absolute atomic E-state index is 13.1. The standard InChI is InChI=1S/C20H22F3N5OS/c1-2-24-18(25-11-16-12-28-7-9-30-19(28)26-16)27-6-8-29-17(13-27)14-4-3-5-15(10-14)20(21,22)23/h3-5,7,9-10,12,17H,2,6,8,11,13H2,1H3,(H,24,25). The molecule has 1 fully saturated rings. The van der Waals surface area contributed by atoms with Crippen LogP contribution >= 0.6 is 11.3 Å². The Morgan fingerprint density at radius 1 is 1.40 bits per heavy atom. The molecule has 160 valence electrons. The number of alkyl halides is 3. The number of aliphatic imine (C=N–C) groups is 1. The second-order valence-electron chi connectivity index (χ2n) is 6.92. The third kappa shape index (κ3) is 4.59. The normalized spacial score (nSPS) is 18.2. The second kappa shape index (κ2) is 8.65. The zero-order chi connectivity index (χ0) is 21.1. The van der Waals surface area contributed by atoms with Gasteiger partial charge in [0.1, 0.15) is 6.10 Å². The highest BCUT2D eigenvalue weighted by Gasteiger charge is 2.32. The van der Waals surface area contributed by atoms with Crippen LogP contribution in [0, 0.1) is 0 Å². The molecule has 1 aromatic carbocycles. The molecule has 3 heterocycles. The summed E-state index contributed by atoms with van der Waals surface area (Å²) in [4.78, 5) is 12.2. The van der Waals surface area contributed by atoms with E-state index in [0.29, 0.717) is 44.3 Å². The summed E-state index contributed by atoms with van der Waals surface area (Å²) in [5.74, 6) is 0.703. The summed E-state index contributed by atoms with van der Waals surface area (Å²) >= 11 is 1.56. The van der Waals surface area contributed by atoms with Gasteiger partial charge >= 0.3 is 6.18 Å². The minimum Gasteiger partial charge on any atom is -0.370 e. The molecule has 0 spiro atoms. The first-order chi connectivity index (χ1) is 14.4. The van der Waals surface area contributed by atoms with Crippen LogP contribution in [-0.2, 0) is 17.5 Å². The Balaban J connectivity index is 1.50. The molecule has 1 aliphatic rings. The lowest BCUT2D eigenvalue weighted by molar-refractivity contribution is -0.137. The van der Waals surface area contributed by atoms with E-state index in [1.807, 2.05) is 34.0 Å². The number of fused-ring (bicyclic) bond motifs is 1. The predicted octanol–water partition coefficient (Wildman–Crippen LogP) is 3.95. The van der Waals surface area contributed by atoms with Crippen LogP contribution in [0.3, 0.4) is 0 Å². The topological polar surface area (TPSA) is 54.2 Å². The summed E-state index contributed by atoms with van der Waals surface area (Å²) in [5.41, 5.74) is 0.709. The van der Waals surface area contributed by atoms with Crippen LogP contribution in [-0.4, -0.2) is 46.5 Å². The highest BCUT2D eigenvalue weighted by atomic mass is 32.1. The number of guanidine groups is 1. The van der Waals surface area contributed by atoms with E-state index in [-0.39, 0.29) is 0 Å². The molecule has 2 aromatic heterocycles. The number of benzene rings is 1. The van der Waals surface area contributed by atoms with E-state index in [1.165, 1.54) is 6.07 Å². The number of nitrogens with one attached hydrogen (secondary N) is 1. The van der Waals surface area contributed by atoms with Crippen molar-refractivity contribution in [3.05, 3.63) is 58.9 Å². The average Bonchev–Trinajstić information content (AvgIpc) is 3.32.